The minimum atomic E-state index is -0.416. The molecule has 0 saturated carbocycles. The normalized spacial score (nSPS) is 14.7. The first-order chi connectivity index (χ1) is 17.6. The van der Waals surface area contributed by atoms with E-state index in [4.69, 9.17) is 14.2 Å². The largest absolute Gasteiger partial charge is 0.467 e. The van der Waals surface area contributed by atoms with Gasteiger partial charge in [0.2, 0.25) is 0 Å². The number of nitrogens with zero attached hydrogens (tertiary/aromatic N) is 2. The van der Waals surface area contributed by atoms with E-state index in [0.717, 1.165) is 34.4 Å². The Morgan fingerprint density at radius 2 is 2.00 bits per heavy atom. The maximum absolute atomic E-state index is 13.7. The van der Waals surface area contributed by atoms with Crippen molar-refractivity contribution in [1.29, 1.82) is 0 Å². The first-order valence-electron chi connectivity index (χ1n) is 12.2. The maximum Gasteiger partial charge on any atom is 0.338 e. The SMILES string of the molecule is CCOC(=O)c1cc2c(c(Cn3cnc4scc(-c5ccc6c(c5)CCCC6)c4c3=O)c1)OCOC2. The molecule has 8 heteroatoms. The summed E-state index contributed by atoms with van der Waals surface area (Å²) in [6, 6.07) is 10.0. The van der Waals surface area contributed by atoms with Gasteiger partial charge in [0.15, 0.2) is 6.79 Å². The Balaban J connectivity index is 1.42. The van der Waals surface area contributed by atoms with Gasteiger partial charge in [0.05, 0.1) is 37.0 Å². The smallest absolute Gasteiger partial charge is 0.338 e. The fourth-order valence-corrected chi connectivity index (χ4v) is 6.03. The van der Waals surface area contributed by atoms with Crippen molar-refractivity contribution in [2.45, 2.75) is 45.8 Å². The van der Waals surface area contributed by atoms with Crippen LogP contribution in [0.2, 0.25) is 0 Å². The Morgan fingerprint density at radius 3 is 2.86 bits per heavy atom. The molecule has 2 aromatic heterocycles. The molecule has 1 aliphatic carbocycles. The summed E-state index contributed by atoms with van der Waals surface area (Å²) in [5.41, 5.74) is 6.53. The number of thiophene rings is 1. The van der Waals surface area contributed by atoms with E-state index in [9.17, 15) is 9.59 Å². The highest BCUT2D eigenvalue weighted by Gasteiger charge is 2.22. The number of fused-ring (bicyclic) bond motifs is 3. The van der Waals surface area contributed by atoms with E-state index in [1.165, 1.54) is 35.3 Å². The van der Waals surface area contributed by atoms with Gasteiger partial charge in [0, 0.05) is 22.1 Å². The Kier molecular flexibility index (Phi) is 6.07. The molecule has 36 heavy (non-hydrogen) atoms. The molecule has 2 aliphatic rings. The quantitative estimate of drug-likeness (QED) is 0.354. The van der Waals surface area contributed by atoms with E-state index in [1.807, 2.05) is 5.38 Å². The second-order valence-corrected chi connectivity index (χ2v) is 10.0. The molecule has 7 nitrogen and oxygen atoms in total. The number of aryl methyl sites for hydroxylation is 2. The van der Waals surface area contributed by atoms with Gasteiger partial charge >= 0.3 is 5.97 Å². The molecule has 0 N–H and O–H groups in total. The Labute approximate surface area is 212 Å². The molecule has 2 aromatic carbocycles. The number of hydrogen-bond acceptors (Lipinski definition) is 7. The molecule has 0 spiro atoms. The molecule has 184 valence electrons. The zero-order valence-corrected chi connectivity index (χ0v) is 20.9. The van der Waals surface area contributed by atoms with Gasteiger partial charge < -0.3 is 14.2 Å². The summed E-state index contributed by atoms with van der Waals surface area (Å²) in [4.78, 5) is 31.5. The Bertz CT molecular complexity index is 1540. The second kappa shape index (κ2) is 9.52. The predicted molar refractivity (Wildman–Crippen MR) is 138 cm³/mol. The highest BCUT2D eigenvalue weighted by molar-refractivity contribution is 7.17. The van der Waals surface area contributed by atoms with Crippen molar-refractivity contribution in [3.8, 4) is 16.9 Å². The third-order valence-corrected chi connectivity index (χ3v) is 7.75. The van der Waals surface area contributed by atoms with Crippen molar-refractivity contribution in [3.63, 3.8) is 0 Å². The summed E-state index contributed by atoms with van der Waals surface area (Å²) < 4.78 is 18.0. The molecular formula is C28H26N2O5S. The summed E-state index contributed by atoms with van der Waals surface area (Å²) in [6.45, 7) is 2.72. The van der Waals surface area contributed by atoms with Crippen molar-refractivity contribution < 1.29 is 19.0 Å². The van der Waals surface area contributed by atoms with Crippen molar-refractivity contribution in [3.05, 3.63) is 80.2 Å². The van der Waals surface area contributed by atoms with Crippen molar-refractivity contribution in [2.75, 3.05) is 13.4 Å². The summed E-state index contributed by atoms with van der Waals surface area (Å²) in [5.74, 6) is 0.224. The van der Waals surface area contributed by atoms with E-state index < -0.39 is 5.97 Å². The predicted octanol–water partition coefficient (Wildman–Crippen LogP) is 5.10. The number of carbonyl (C=O) groups excluding carboxylic acids is 1. The van der Waals surface area contributed by atoms with Gasteiger partial charge in [-0.1, -0.05) is 18.2 Å². The highest BCUT2D eigenvalue weighted by atomic mass is 32.1. The van der Waals surface area contributed by atoms with Crippen molar-refractivity contribution in [2.24, 2.45) is 0 Å². The lowest BCUT2D eigenvalue weighted by atomic mass is 9.89. The van der Waals surface area contributed by atoms with Crippen LogP contribution < -0.4 is 10.3 Å². The van der Waals surface area contributed by atoms with Gasteiger partial charge in [-0.15, -0.1) is 11.3 Å². The number of rotatable bonds is 5. The molecule has 1 aliphatic heterocycles. The van der Waals surface area contributed by atoms with Crippen LogP contribution in [0.5, 0.6) is 5.75 Å². The summed E-state index contributed by atoms with van der Waals surface area (Å²) in [7, 11) is 0. The number of esters is 1. The number of hydrogen-bond donors (Lipinski definition) is 0. The summed E-state index contributed by atoms with van der Waals surface area (Å²) >= 11 is 1.48. The van der Waals surface area contributed by atoms with E-state index in [-0.39, 0.29) is 25.5 Å². The second-order valence-electron chi connectivity index (χ2n) is 9.15. The van der Waals surface area contributed by atoms with E-state index in [2.05, 4.69) is 23.2 Å². The van der Waals surface area contributed by atoms with Crippen LogP contribution in [0.4, 0.5) is 0 Å². The van der Waals surface area contributed by atoms with Gasteiger partial charge in [-0.2, -0.15) is 0 Å². The van der Waals surface area contributed by atoms with Crippen LogP contribution in [0.15, 0.2) is 46.8 Å². The van der Waals surface area contributed by atoms with Gasteiger partial charge in [0.1, 0.15) is 10.6 Å². The molecule has 0 saturated heterocycles. The van der Waals surface area contributed by atoms with Crippen LogP contribution in [-0.2, 0) is 35.5 Å². The molecule has 0 fully saturated rings. The van der Waals surface area contributed by atoms with Gasteiger partial charge in [-0.05, 0) is 61.4 Å². The lowest BCUT2D eigenvalue weighted by Crippen LogP contribution is -2.23. The first kappa shape index (κ1) is 22.9. The molecule has 0 amide bonds. The maximum atomic E-state index is 13.7. The molecule has 0 unspecified atom stereocenters. The fourth-order valence-electron chi connectivity index (χ4n) is 5.13. The summed E-state index contributed by atoms with van der Waals surface area (Å²) in [6.07, 6.45) is 6.22. The molecule has 0 bridgehead atoms. The van der Waals surface area contributed by atoms with Gasteiger partial charge in [-0.3, -0.25) is 9.36 Å². The van der Waals surface area contributed by atoms with E-state index >= 15 is 0 Å². The molecule has 0 radical (unpaired) electrons. The minimum absolute atomic E-state index is 0.115. The first-order valence-corrected chi connectivity index (χ1v) is 13.1. The van der Waals surface area contributed by atoms with Crippen LogP contribution in [0.25, 0.3) is 21.3 Å². The zero-order valence-electron chi connectivity index (χ0n) is 20.0. The van der Waals surface area contributed by atoms with Crippen LogP contribution in [-0.4, -0.2) is 28.9 Å². The zero-order chi connectivity index (χ0) is 24.6. The molecule has 6 rings (SSSR count). The number of aromatic nitrogens is 2. The van der Waals surface area contributed by atoms with Gasteiger partial charge in [0.25, 0.3) is 5.56 Å². The van der Waals surface area contributed by atoms with Crippen molar-refractivity contribution >= 4 is 27.5 Å². The molecule has 0 atom stereocenters. The Hall–Kier alpha value is -3.49. The number of carbonyl (C=O) groups is 1. The Morgan fingerprint density at radius 1 is 1.14 bits per heavy atom. The van der Waals surface area contributed by atoms with Crippen LogP contribution in [0, 0.1) is 0 Å². The lowest BCUT2D eigenvalue weighted by Gasteiger charge is -2.22. The van der Waals surface area contributed by atoms with Crippen LogP contribution in [0.1, 0.15) is 52.4 Å². The highest BCUT2D eigenvalue weighted by Crippen LogP contribution is 2.34. The molecule has 4 aromatic rings. The monoisotopic (exact) mass is 502 g/mol. The fraction of sp³-hybridized carbons (Fsp3) is 0.321. The minimum Gasteiger partial charge on any atom is -0.467 e. The topological polar surface area (TPSA) is 79.7 Å². The van der Waals surface area contributed by atoms with E-state index in [1.54, 1.807) is 30.0 Å². The molecular weight excluding hydrogens is 476 g/mol. The average molecular weight is 503 g/mol. The summed E-state index contributed by atoms with van der Waals surface area (Å²) in [5, 5.41) is 2.65. The average Bonchev–Trinajstić information content (AvgIpc) is 3.35. The van der Waals surface area contributed by atoms with E-state index in [0.29, 0.717) is 28.9 Å². The third-order valence-electron chi connectivity index (χ3n) is 6.86. The van der Waals surface area contributed by atoms with Crippen LogP contribution >= 0.6 is 11.3 Å². The molecule has 3 heterocycles. The van der Waals surface area contributed by atoms with Gasteiger partial charge in [-0.25, -0.2) is 9.78 Å². The van der Waals surface area contributed by atoms with Crippen LogP contribution in [0.3, 0.4) is 0 Å². The lowest BCUT2D eigenvalue weighted by molar-refractivity contribution is -0.0171. The third kappa shape index (κ3) is 4.10. The number of ether oxygens (including phenoxy) is 3. The van der Waals surface area contributed by atoms with Crippen molar-refractivity contribution in [1.82, 2.24) is 9.55 Å². The standard InChI is InChI=1S/C28H26N2O5S/c1-2-34-28(32)20-10-21(25-22(11-20)13-33-16-35-25)12-30-15-29-26-24(27(30)31)23(14-36-26)19-8-7-17-5-3-4-6-18(17)9-19/h7-11,14-15H,2-6,12-13,16H2,1H3. The number of benzene rings is 2.